The monoisotopic (exact) mass is 413 g/mol. The number of aromatic nitrogens is 4. The number of carbonyl (C=O) groups excluding carboxylic acids is 1. The Morgan fingerprint density at radius 1 is 1.33 bits per heavy atom. The van der Waals surface area contributed by atoms with Crippen molar-refractivity contribution >= 4 is 23.4 Å². The van der Waals surface area contributed by atoms with E-state index >= 15 is 0 Å². The van der Waals surface area contributed by atoms with E-state index in [1.807, 2.05) is 49.8 Å². The first-order valence-corrected chi connectivity index (χ1v) is 10.5. The first-order chi connectivity index (χ1) is 14.2. The number of halogens is 1. The van der Waals surface area contributed by atoms with Gasteiger partial charge in [0.15, 0.2) is 5.82 Å². The Balaban J connectivity index is 1.27. The van der Waals surface area contributed by atoms with Crippen LogP contribution < -0.4 is 15.5 Å². The number of anilines is 3. The standard InChI is InChI=1S/C21H28FN7O/c1-12(2)16-18(30)26-15-13(3)25-19(27-17(15)28(16)4)23-5-14-6-24-29(7-14)11-20-8-21(22,9-20)10-20/h6-7,12,16H,5,8-11H2,1-4H3,(H,26,30)(H,23,25,27). The van der Waals surface area contributed by atoms with Crippen LogP contribution in [0.2, 0.25) is 0 Å². The third kappa shape index (κ3) is 3.02. The van der Waals surface area contributed by atoms with Crippen LogP contribution in [0.25, 0.3) is 0 Å². The number of carbonyl (C=O) groups is 1. The molecule has 0 radical (unpaired) electrons. The van der Waals surface area contributed by atoms with Crippen molar-refractivity contribution in [3.8, 4) is 0 Å². The third-order valence-electron chi connectivity index (χ3n) is 6.68. The number of amides is 1. The van der Waals surface area contributed by atoms with Crippen LogP contribution in [0.1, 0.15) is 44.4 Å². The van der Waals surface area contributed by atoms with E-state index in [1.165, 1.54) is 0 Å². The Bertz CT molecular complexity index is 997. The Hall–Kier alpha value is -2.71. The number of nitrogens with zero attached hydrogens (tertiary/aromatic N) is 5. The highest BCUT2D eigenvalue weighted by Gasteiger charge is 2.69. The molecule has 3 fully saturated rings. The molecule has 30 heavy (non-hydrogen) atoms. The van der Waals surface area contributed by atoms with E-state index in [4.69, 9.17) is 0 Å². The Morgan fingerprint density at radius 3 is 2.73 bits per heavy atom. The molecule has 0 saturated heterocycles. The molecule has 2 bridgehead atoms. The first-order valence-electron chi connectivity index (χ1n) is 10.5. The van der Waals surface area contributed by atoms with Gasteiger partial charge in [0.2, 0.25) is 11.9 Å². The Morgan fingerprint density at radius 2 is 2.07 bits per heavy atom. The van der Waals surface area contributed by atoms with Gasteiger partial charge in [0.05, 0.1) is 11.9 Å². The summed E-state index contributed by atoms with van der Waals surface area (Å²) in [5.74, 6) is 1.38. The summed E-state index contributed by atoms with van der Waals surface area (Å²) in [7, 11) is 1.90. The predicted octanol–water partition coefficient (Wildman–Crippen LogP) is 2.90. The average Bonchev–Trinajstić information content (AvgIpc) is 3.06. The van der Waals surface area contributed by atoms with Crippen LogP contribution in [0.3, 0.4) is 0 Å². The van der Waals surface area contributed by atoms with Gasteiger partial charge in [0.25, 0.3) is 0 Å². The van der Waals surface area contributed by atoms with Gasteiger partial charge < -0.3 is 15.5 Å². The zero-order chi connectivity index (χ0) is 21.3. The fourth-order valence-corrected chi connectivity index (χ4v) is 5.43. The molecule has 2 aromatic rings. The summed E-state index contributed by atoms with van der Waals surface area (Å²) in [6.07, 6.45) is 5.87. The molecule has 1 atom stereocenters. The second-order valence-electron chi connectivity index (χ2n) is 9.70. The molecule has 9 heteroatoms. The van der Waals surface area contributed by atoms with Crippen LogP contribution in [0.4, 0.5) is 21.8 Å². The maximum atomic E-state index is 13.7. The molecule has 1 aliphatic heterocycles. The number of hydrogen-bond acceptors (Lipinski definition) is 6. The summed E-state index contributed by atoms with van der Waals surface area (Å²) in [6.45, 7) is 7.25. The number of likely N-dealkylation sites (N-methyl/N-ethyl adjacent to an activating group) is 1. The highest BCUT2D eigenvalue weighted by Crippen LogP contribution is 2.70. The molecule has 2 aromatic heterocycles. The maximum Gasteiger partial charge on any atom is 0.247 e. The summed E-state index contributed by atoms with van der Waals surface area (Å²) in [5, 5.41) is 10.7. The quantitative estimate of drug-likeness (QED) is 0.757. The van der Waals surface area contributed by atoms with Crippen LogP contribution >= 0.6 is 0 Å². The highest BCUT2D eigenvalue weighted by molar-refractivity contribution is 6.03. The van der Waals surface area contributed by atoms with E-state index in [2.05, 4.69) is 25.7 Å². The number of nitrogens with one attached hydrogen (secondary N) is 2. The minimum Gasteiger partial charge on any atom is -0.350 e. The van der Waals surface area contributed by atoms with Crippen molar-refractivity contribution in [3.63, 3.8) is 0 Å². The number of hydrogen-bond donors (Lipinski definition) is 2. The number of alkyl halides is 1. The predicted molar refractivity (Wildman–Crippen MR) is 112 cm³/mol. The normalized spacial score (nSPS) is 29.2. The van der Waals surface area contributed by atoms with Gasteiger partial charge in [-0.2, -0.15) is 10.1 Å². The summed E-state index contributed by atoms with van der Waals surface area (Å²) in [4.78, 5) is 23.5. The molecule has 1 amide bonds. The molecule has 3 heterocycles. The highest BCUT2D eigenvalue weighted by atomic mass is 19.1. The van der Waals surface area contributed by atoms with Gasteiger partial charge in [-0.05, 0) is 37.5 Å². The molecule has 160 valence electrons. The minimum atomic E-state index is -0.875. The minimum absolute atomic E-state index is 0.0257. The summed E-state index contributed by atoms with van der Waals surface area (Å²) >= 11 is 0. The van der Waals surface area contributed by atoms with E-state index in [1.54, 1.807) is 0 Å². The summed E-state index contributed by atoms with van der Waals surface area (Å²) < 4.78 is 15.6. The molecule has 3 aliphatic carbocycles. The van der Waals surface area contributed by atoms with E-state index in [9.17, 15) is 9.18 Å². The third-order valence-corrected chi connectivity index (χ3v) is 6.68. The van der Waals surface area contributed by atoms with Crippen molar-refractivity contribution in [3.05, 3.63) is 23.7 Å². The first kappa shape index (κ1) is 19.3. The average molecular weight is 414 g/mol. The SMILES string of the molecule is Cc1nc(NCc2cnn(CC34CC(F)(C3)C4)c2)nc2c1NC(=O)C(C(C)C)N2C. The molecule has 8 nitrogen and oxygen atoms in total. The molecule has 0 aromatic carbocycles. The molecule has 6 rings (SSSR count). The van der Waals surface area contributed by atoms with Crippen molar-refractivity contribution in [2.24, 2.45) is 11.3 Å². The molecule has 4 aliphatic rings. The number of fused-ring (bicyclic) bond motifs is 1. The summed E-state index contributed by atoms with van der Waals surface area (Å²) in [6, 6.07) is -0.265. The lowest BCUT2D eigenvalue weighted by molar-refractivity contribution is -0.221. The fourth-order valence-electron chi connectivity index (χ4n) is 5.43. The molecular formula is C21H28FN7O. The van der Waals surface area contributed by atoms with Crippen molar-refractivity contribution in [1.29, 1.82) is 0 Å². The van der Waals surface area contributed by atoms with Crippen LogP contribution in [-0.4, -0.2) is 44.4 Å². The second-order valence-corrected chi connectivity index (χ2v) is 9.70. The van der Waals surface area contributed by atoms with Crippen molar-refractivity contribution < 1.29 is 9.18 Å². The van der Waals surface area contributed by atoms with E-state index in [0.717, 1.165) is 23.6 Å². The Labute approximate surface area is 175 Å². The lowest BCUT2D eigenvalue weighted by Gasteiger charge is -2.65. The van der Waals surface area contributed by atoms with E-state index in [0.29, 0.717) is 37.4 Å². The van der Waals surface area contributed by atoms with E-state index in [-0.39, 0.29) is 23.3 Å². The lowest BCUT2D eigenvalue weighted by Crippen LogP contribution is -2.65. The summed E-state index contributed by atoms with van der Waals surface area (Å²) in [5.41, 5.74) is 1.68. The van der Waals surface area contributed by atoms with Crippen LogP contribution in [-0.2, 0) is 17.9 Å². The zero-order valence-corrected chi connectivity index (χ0v) is 17.9. The number of aryl methyl sites for hydroxylation is 1. The number of rotatable bonds is 6. The van der Waals surface area contributed by atoms with Gasteiger partial charge in [-0.15, -0.1) is 0 Å². The van der Waals surface area contributed by atoms with Gasteiger partial charge in [0.1, 0.15) is 17.4 Å². The van der Waals surface area contributed by atoms with E-state index < -0.39 is 5.67 Å². The van der Waals surface area contributed by atoms with Gasteiger partial charge in [-0.1, -0.05) is 13.8 Å². The van der Waals surface area contributed by atoms with Gasteiger partial charge >= 0.3 is 0 Å². The Kier molecular flexibility index (Phi) is 4.10. The van der Waals surface area contributed by atoms with Crippen molar-refractivity contribution in [2.75, 3.05) is 22.6 Å². The maximum absolute atomic E-state index is 13.7. The van der Waals surface area contributed by atoms with Gasteiger partial charge in [-0.25, -0.2) is 9.37 Å². The topological polar surface area (TPSA) is 88.0 Å². The van der Waals surface area contributed by atoms with Crippen LogP contribution in [0.15, 0.2) is 12.4 Å². The van der Waals surface area contributed by atoms with Gasteiger partial charge in [-0.3, -0.25) is 9.48 Å². The van der Waals surface area contributed by atoms with Crippen molar-refractivity contribution in [1.82, 2.24) is 19.7 Å². The largest absolute Gasteiger partial charge is 0.350 e. The smallest absolute Gasteiger partial charge is 0.247 e. The molecule has 2 N–H and O–H groups in total. The second kappa shape index (κ2) is 6.39. The van der Waals surface area contributed by atoms with Gasteiger partial charge in [0, 0.05) is 31.9 Å². The van der Waals surface area contributed by atoms with Crippen LogP contribution in [0, 0.1) is 18.3 Å². The fraction of sp³-hybridized carbons (Fsp3) is 0.619. The molecule has 3 saturated carbocycles. The molecular weight excluding hydrogens is 385 g/mol. The zero-order valence-electron chi connectivity index (χ0n) is 17.9. The lowest BCUT2D eigenvalue weighted by atomic mass is 9.42. The van der Waals surface area contributed by atoms with Crippen LogP contribution in [0.5, 0.6) is 0 Å². The van der Waals surface area contributed by atoms with Crippen molar-refractivity contribution in [2.45, 2.75) is 64.8 Å². The molecule has 0 spiro atoms. The molecule has 1 unspecified atom stereocenters.